The topological polar surface area (TPSA) is 42.2 Å². The average Bonchev–Trinajstić information content (AvgIpc) is 2.57. The third kappa shape index (κ3) is 2.83. The van der Waals surface area contributed by atoms with Gasteiger partial charge in [0, 0.05) is 19.1 Å². The summed E-state index contributed by atoms with van der Waals surface area (Å²) in [5.74, 6) is 0. The average molecular weight is 304 g/mol. The number of halogens is 1. The van der Waals surface area contributed by atoms with Crippen LogP contribution >= 0.6 is 27.3 Å². The zero-order chi connectivity index (χ0) is 11.8. The monoisotopic (exact) mass is 303 g/mol. The highest BCUT2D eigenvalue weighted by molar-refractivity contribution is 9.11. The van der Waals surface area contributed by atoms with E-state index in [1.807, 2.05) is 6.20 Å². The van der Waals surface area contributed by atoms with Gasteiger partial charge in [0.25, 0.3) is 0 Å². The van der Waals surface area contributed by atoms with E-state index in [1.54, 1.807) is 11.3 Å². The molecule has 0 saturated carbocycles. The molecule has 0 aliphatic carbocycles. The fourth-order valence-electron chi connectivity index (χ4n) is 2.17. The molecule has 2 N–H and O–H groups in total. The van der Waals surface area contributed by atoms with Crippen molar-refractivity contribution in [2.45, 2.75) is 32.9 Å². The molecular weight excluding hydrogens is 286 g/mol. The molecule has 0 aromatic carbocycles. The maximum atomic E-state index is 6.13. The molecule has 90 valence electrons. The minimum absolute atomic E-state index is 0.215. The van der Waals surface area contributed by atoms with E-state index in [2.05, 4.69) is 39.7 Å². The summed E-state index contributed by atoms with van der Waals surface area (Å²) in [6, 6.07) is 0.326. The van der Waals surface area contributed by atoms with Crippen molar-refractivity contribution in [3.63, 3.8) is 0 Å². The van der Waals surface area contributed by atoms with E-state index >= 15 is 0 Å². The van der Waals surface area contributed by atoms with Gasteiger partial charge in [-0.3, -0.25) is 4.90 Å². The number of rotatable bonds is 2. The molecule has 1 aliphatic rings. The third-order valence-corrected chi connectivity index (χ3v) is 4.74. The molecule has 0 radical (unpaired) electrons. The van der Waals surface area contributed by atoms with Gasteiger partial charge in [0.15, 0.2) is 0 Å². The standard InChI is InChI=1S/C11H18BrN3S/c1-11(2)7-15(4-3-8(11)13)6-10-14-5-9(12)16-10/h5,8H,3-4,6-7,13H2,1-2H3. The van der Waals surface area contributed by atoms with Crippen molar-refractivity contribution in [2.24, 2.45) is 11.1 Å². The summed E-state index contributed by atoms with van der Waals surface area (Å²) in [4.78, 5) is 6.83. The second-order valence-corrected chi connectivity index (χ2v) is 7.65. The van der Waals surface area contributed by atoms with Gasteiger partial charge >= 0.3 is 0 Å². The first-order valence-corrected chi connectivity index (χ1v) is 7.16. The molecule has 16 heavy (non-hydrogen) atoms. The third-order valence-electron chi connectivity index (χ3n) is 3.28. The van der Waals surface area contributed by atoms with Gasteiger partial charge in [0.1, 0.15) is 5.01 Å². The Morgan fingerprint density at radius 2 is 2.44 bits per heavy atom. The summed E-state index contributed by atoms with van der Waals surface area (Å²) < 4.78 is 1.11. The normalized spacial score (nSPS) is 25.9. The van der Waals surface area contributed by atoms with Gasteiger partial charge in [-0.1, -0.05) is 13.8 Å². The van der Waals surface area contributed by atoms with Crippen LogP contribution in [-0.2, 0) is 6.54 Å². The summed E-state index contributed by atoms with van der Waals surface area (Å²) in [5, 5.41) is 1.18. The predicted octanol–water partition coefficient (Wildman–Crippen LogP) is 2.46. The minimum atomic E-state index is 0.215. The van der Waals surface area contributed by atoms with Crippen molar-refractivity contribution >= 4 is 27.3 Å². The molecule has 1 saturated heterocycles. The summed E-state index contributed by atoms with van der Waals surface area (Å²) in [5.41, 5.74) is 6.34. The van der Waals surface area contributed by atoms with E-state index in [0.717, 1.165) is 29.8 Å². The fourth-order valence-corrected chi connectivity index (χ4v) is 3.52. The van der Waals surface area contributed by atoms with Crippen molar-refractivity contribution in [1.82, 2.24) is 9.88 Å². The molecule has 1 fully saturated rings. The molecule has 1 aliphatic heterocycles. The molecule has 1 aromatic rings. The quantitative estimate of drug-likeness (QED) is 0.912. The summed E-state index contributed by atoms with van der Waals surface area (Å²) >= 11 is 5.16. The molecule has 2 heterocycles. The van der Waals surface area contributed by atoms with Crippen LogP contribution < -0.4 is 5.73 Å². The first-order chi connectivity index (χ1) is 7.47. The maximum Gasteiger partial charge on any atom is 0.108 e. The van der Waals surface area contributed by atoms with E-state index in [1.165, 1.54) is 5.01 Å². The van der Waals surface area contributed by atoms with Crippen molar-refractivity contribution in [1.29, 1.82) is 0 Å². The number of likely N-dealkylation sites (tertiary alicyclic amines) is 1. The minimum Gasteiger partial charge on any atom is -0.327 e. The van der Waals surface area contributed by atoms with Crippen LogP contribution in [0, 0.1) is 5.41 Å². The highest BCUT2D eigenvalue weighted by Gasteiger charge is 2.33. The van der Waals surface area contributed by atoms with Crippen LogP contribution in [0.25, 0.3) is 0 Å². The number of piperidine rings is 1. The zero-order valence-corrected chi connectivity index (χ0v) is 12.1. The van der Waals surface area contributed by atoms with Gasteiger partial charge in [0.2, 0.25) is 0 Å². The van der Waals surface area contributed by atoms with E-state index in [0.29, 0.717) is 6.04 Å². The molecule has 0 amide bonds. The van der Waals surface area contributed by atoms with Gasteiger partial charge in [-0.2, -0.15) is 0 Å². The van der Waals surface area contributed by atoms with Gasteiger partial charge in [-0.15, -0.1) is 11.3 Å². The maximum absolute atomic E-state index is 6.13. The Kier molecular flexibility index (Phi) is 3.69. The predicted molar refractivity (Wildman–Crippen MR) is 71.5 cm³/mol. The molecule has 1 aromatic heterocycles. The Balaban J connectivity index is 1.97. The van der Waals surface area contributed by atoms with Crippen LogP contribution in [0.1, 0.15) is 25.3 Å². The van der Waals surface area contributed by atoms with E-state index in [4.69, 9.17) is 5.73 Å². The van der Waals surface area contributed by atoms with Gasteiger partial charge < -0.3 is 5.73 Å². The largest absolute Gasteiger partial charge is 0.327 e. The van der Waals surface area contributed by atoms with Crippen LogP contribution in [0.5, 0.6) is 0 Å². The summed E-state index contributed by atoms with van der Waals surface area (Å²) in [6.45, 7) is 7.60. The first kappa shape index (κ1) is 12.5. The number of nitrogens with two attached hydrogens (primary N) is 1. The molecule has 5 heteroatoms. The van der Waals surface area contributed by atoms with Gasteiger partial charge in [-0.05, 0) is 27.8 Å². The number of hydrogen-bond acceptors (Lipinski definition) is 4. The number of hydrogen-bond donors (Lipinski definition) is 1. The Morgan fingerprint density at radius 3 is 3.00 bits per heavy atom. The van der Waals surface area contributed by atoms with Crippen molar-refractivity contribution < 1.29 is 0 Å². The lowest BCUT2D eigenvalue weighted by Gasteiger charge is -2.42. The lowest BCUT2D eigenvalue weighted by molar-refractivity contribution is 0.0898. The highest BCUT2D eigenvalue weighted by atomic mass is 79.9. The van der Waals surface area contributed by atoms with Crippen LogP contribution in [-0.4, -0.2) is 29.0 Å². The highest BCUT2D eigenvalue weighted by Crippen LogP contribution is 2.29. The Morgan fingerprint density at radius 1 is 1.69 bits per heavy atom. The van der Waals surface area contributed by atoms with Gasteiger partial charge in [0.05, 0.1) is 16.5 Å². The second-order valence-electron chi connectivity index (χ2n) is 5.15. The zero-order valence-electron chi connectivity index (χ0n) is 9.74. The van der Waals surface area contributed by atoms with Crippen molar-refractivity contribution in [2.75, 3.05) is 13.1 Å². The van der Waals surface area contributed by atoms with Crippen LogP contribution in [0.3, 0.4) is 0 Å². The first-order valence-electron chi connectivity index (χ1n) is 5.55. The van der Waals surface area contributed by atoms with Crippen LogP contribution in [0.4, 0.5) is 0 Å². The SMILES string of the molecule is CC1(C)CN(Cc2ncc(Br)s2)CCC1N. The number of nitrogens with zero attached hydrogens (tertiary/aromatic N) is 2. The van der Waals surface area contributed by atoms with E-state index in [-0.39, 0.29) is 5.41 Å². The second kappa shape index (κ2) is 4.72. The Hall–Kier alpha value is 0.0300. The summed E-state index contributed by atoms with van der Waals surface area (Å²) in [7, 11) is 0. The lowest BCUT2D eigenvalue weighted by Crippen LogP contribution is -2.52. The fraction of sp³-hybridized carbons (Fsp3) is 0.727. The van der Waals surface area contributed by atoms with E-state index < -0.39 is 0 Å². The van der Waals surface area contributed by atoms with Crippen LogP contribution in [0.2, 0.25) is 0 Å². The van der Waals surface area contributed by atoms with Crippen LogP contribution in [0.15, 0.2) is 9.98 Å². The van der Waals surface area contributed by atoms with Crippen molar-refractivity contribution in [3.8, 4) is 0 Å². The van der Waals surface area contributed by atoms with E-state index in [9.17, 15) is 0 Å². The smallest absolute Gasteiger partial charge is 0.108 e. The number of thiazole rings is 1. The Labute approximate surface area is 109 Å². The molecule has 1 atom stereocenters. The van der Waals surface area contributed by atoms with Crippen molar-refractivity contribution in [3.05, 3.63) is 15.0 Å². The number of aromatic nitrogens is 1. The molecular formula is C11H18BrN3S. The van der Waals surface area contributed by atoms with Gasteiger partial charge in [-0.25, -0.2) is 4.98 Å². The molecule has 0 spiro atoms. The Bertz CT molecular complexity index is 364. The molecule has 0 bridgehead atoms. The summed E-state index contributed by atoms with van der Waals surface area (Å²) in [6.07, 6.45) is 2.96. The lowest BCUT2D eigenvalue weighted by atomic mass is 9.80. The molecule has 1 unspecified atom stereocenters. The molecule has 3 nitrogen and oxygen atoms in total. The molecule has 2 rings (SSSR count).